The number of amides is 1. The molecule has 2 N–H and O–H groups in total. The fourth-order valence-electron chi connectivity index (χ4n) is 3.73. The first kappa shape index (κ1) is 16.7. The number of rotatable bonds is 4. The molecule has 0 radical (unpaired) electrons. The van der Waals surface area contributed by atoms with Gasteiger partial charge in [-0.25, -0.2) is 9.37 Å². The Bertz CT molecular complexity index is 1160. The van der Waals surface area contributed by atoms with E-state index in [-0.39, 0.29) is 17.3 Å². The molecule has 2 aromatic carbocycles. The van der Waals surface area contributed by atoms with Gasteiger partial charge in [0.05, 0.1) is 11.7 Å². The van der Waals surface area contributed by atoms with Gasteiger partial charge in [0.2, 0.25) is 0 Å². The van der Waals surface area contributed by atoms with Gasteiger partial charge >= 0.3 is 11.7 Å². The van der Waals surface area contributed by atoms with Crippen LogP contribution in [0.5, 0.6) is 0 Å². The average molecular weight is 372 g/mol. The van der Waals surface area contributed by atoms with E-state index in [0.29, 0.717) is 5.82 Å². The number of H-pyrrole nitrogens is 1. The van der Waals surface area contributed by atoms with Gasteiger partial charge in [0.15, 0.2) is 11.2 Å². The largest absolute Gasteiger partial charge is 0.351 e. The minimum Gasteiger partial charge on any atom is -0.336 e. The van der Waals surface area contributed by atoms with Crippen molar-refractivity contribution in [1.82, 2.24) is 10.3 Å². The molecule has 0 bridgehead atoms. The van der Waals surface area contributed by atoms with Gasteiger partial charge in [0.25, 0.3) is 0 Å². The maximum Gasteiger partial charge on any atom is 0.351 e. The van der Waals surface area contributed by atoms with Gasteiger partial charge in [0, 0.05) is 5.56 Å². The first-order valence-electron chi connectivity index (χ1n) is 9.33. The molecule has 0 atom stereocenters. The van der Waals surface area contributed by atoms with Gasteiger partial charge in [-0.1, -0.05) is 36.4 Å². The molecule has 1 amide bonds. The van der Waals surface area contributed by atoms with Crippen LogP contribution in [0.2, 0.25) is 0 Å². The number of nitrogens with zero attached hydrogens (tertiary/aromatic N) is 1. The van der Waals surface area contributed by atoms with E-state index in [9.17, 15) is 9.18 Å². The lowest BCUT2D eigenvalue weighted by Gasteiger charge is -2.16. The molecule has 1 aliphatic carbocycles. The Kier molecular flexibility index (Phi) is 3.76. The van der Waals surface area contributed by atoms with Crippen molar-refractivity contribution in [2.75, 3.05) is 0 Å². The van der Waals surface area contributed by atoms with Crippen molar-refractivity contribution in [3.05, 3.63) is 96.2 Å². The smallest absolute Gasteiger partial charge is 0.336 e. The average Bonchev–Trinajstić information content (AvgIpc) is 3.41. The summed E-state index contributed by atoms with van der Waals surface area (Å²) < 4.78 is 15.2. The second-order valence-corrected chi connectivity index (χ2v) is 7.21. The van der Waals surface area contributed by atoms with Crippen LogP contribution in [-0.4, -0.2) is 10.9 Å². The lowest BCUT2D eigenvalue weighted by Crippen LogP contribution is -2.40. The minimum atomic E-state index is -0.291. The van der Waals surface area contributed by atoms with E-state index in [1.54, 1.807) is 12.1 Å². The van der Waals surface area contributed by atoms with Crippen LogP contribution in [0.1, 0.15) is 29.0 Å². The summed E-state index contributed by atoms with van der Waals surface area (Å²) in [6, 6.07) is 22.1. The third-order valence-electron chi connectivity index (χ3n) is 5.38. The predicted molar refractivity (Wildman–Crippen MR) is 104 cm³/mol. The number of aromatic nitrogens is 2. The van der Waals surface area contributed by atoms with Gasteiger partial charge in [-0.05, 0) is 54.8 Å². The summed E-state index contributed by atoms with van der Waals surface area (Å²) in [5.74, 6) is 0.0109. The van der Waals surface area contributed by atoms with Crippen molar-refractivity contribution in [1.29, 1.82) is 0 Å². The summed E-state index contributed by atoms with van der Waals surface area (Å²) in [5, 5.41) is 3.21. The molecule has 0 unspecified atom stereocenters. The van der Waals surface area contributed by atoms with Crippen LogP contribution in [0.3, 0.4) is 0 Å². The third kappa shape index (κ3) is 2.76. The van der Waals surface area contributed by atoms with E-state index in [1.165, 1.54) is 12.1 Å². The van der Waals surface area contributed by atoms with Crippen molar-refractivity contribution < 1.29 is 13.6 Å². The number of hydrogen-bond acceptors (Lipinski definition) is 1. The molecule has 1 aliphatic rings. The van der Waals surface area contributed by atoms with Crippen LogP contribution in [0.4, 0.5) is 4.39 Å². The summed E-state index contributed by atoms with van der Waals surface area (Å²) >= 11 is 0. The van der Waals surface area contributed by atoms with Gasteiger partial charge in [-0.3, -0.25) is 4.79 Å². The van der Waals surface area contributed by atoms with Crippen molar-refractivity contribution in [2.45, 2.75) is 18.4 Å². The third-order valence-corrected chi connectivity index (χ3v) is 5.38. The zero-order valence-corrected chi connectivity index (χ0v) is 15.2. The Balaban J connectivity index is 1.54. The van der Waals surface area contributed by atoms with E-state index >= 15 is 0 Å². The maximum absolute atomic E-state index is 13.3. The van der Waals surface area contributed by atoms with Gasteiger partial charge in [-0.2, -0.15) is 4.40 Å². The molecule has 0 spiro atoms. The monoisotopic (exact) mass is 372 g/mol. The summed E-state index contributed by atoms with van der Waals surface area (Å²) in [4.78, 5) is 16.4. The second-order valence-electron chi connectivity index (χ2n) is 7.21. The van der Waals surface area contributed by atoms with Gasteiger partial charge in [0.1, 0.15) is 5.82 Å². The fraction of sp³-hybridized carbons (Fsp3) is 0.130. The quantitative estimate of drug-likeness (QED) is 0.523. The highest BCUT2D eigenvalue weighted by atomic mass is 19.1. The Morgan fingerprint density at radius 1 is 0.964 bits per heavy atom. The lowest BCUT2D eigenvalue weighted by atomic mass is 10.1. The number of carbonyl (C=O) groups excluding carboxylic acids is 1. The summed E-state index contributed by atoms with van der Waals surface area (Å²) in [5.41, 5.74) is 3.32. The number of carbonyl (C=O) groups is 1. The Labute approximate surface area is 161 Å². The van der Waals surface area contributed by atoms with Crippen LogP contribution in [-0.2, 0) is 5.54 Å². The molecule has 28 heavy (non-hydrogen) atoms. The van der Waals surface area contributed by atoms with E-state index in [1.807, 2.05) is 47.0 Å². The Hall–Kier alpha value is -3.47. The lowest BCUT2D eigenvalue weighted by molar-refractivity contribution is -0.514. The van der Waals surface area contributed by atoms with E-state index < -0.39 is 0 Å². The molecule has 4 nitrogen and oxygen atoms in total. The normalized spacial score (nSPS) is 14.8. The van der Waals surface area contributed by atoms with Crippen molar-refractivity contribution >= 4 is 11.4 Å². The SMILES string of the molecule is O=C(NC1(c2ccccc2)CC1)c1[nH]c(-c2ccc(F)cc2)c2cccc[n+]12. The maximum atomic E-state index is 13.3. The second kappa shape index (κ2) is 6.30. The first-order chi connectivity index (χ1) is 13.7. The molecule has 2 aromatic heterocycles. The van der Waals surface area contributed by atoms with Crippen LogP contribution in [0.25, 0.3) is 16.8 Å². The van der Waals surface area contributed by atoms with Crippen LogP contribution >= 0.6 is 0 Å². The number of nitrogens with one attached hydrogen (secondary N) is 2. The number of halogens is 1. The van der Waals surface area contributed by atoms with Crippen molar-refractivity contribution in [2.24, 2.45) is 0 Å². The topological polar surface area (TPSA) is 49.0 Å². The zero-order valence-electron chi connectivity index (χ0n) is 15.2. The van der Waals surface area contributed by atoms with E-state index in [4.69, 9.17) is 0 Å². The van der Waals surface area contributed by atoms with E-state index in [0.717, 1.165) is 35.2 Å². The molecule has 2 heterocycles. The van der Waals surface area contributed by atoms with E-state index in [2.05, 4.69) is 22.4 Å². The Morgan fingerprint density at radius 2 is 1.68 bits per heavy atom. The highest BCUT2D eigenvalue weighted by Gasteiger charge is 2.47. The molecule has 138 valence electrons. The van der Waals surface area contributed by atoms with Gasteiger partial charge < -0.3 is 5.32 Å². The highest BCUT2D eigenvalue weighted by molar-refractivity contribution is 5.92. The zero-order chi connectivity index (χ0) is 19.1. The van der Waals surface area contributed by atoms with Crippen molar-refractivity contribution in [3.63, 3.8) is 0 Å². The van der Waals surface area contributed by atoms with Crippen LogP contribution < -0.4 is 9.72 Å². The number of pyridine rings is 1. The molecule has 5 heteroatoms. The molecule has 0 saturated heterocycles. The molecule has 1 fully saturated rings. The predicted octanol–water partition coefficient (Wildman–Crippen LogP) is 3.98. The molecule has 0 aliphatic heterocycles. The summed E-state index contributed by atoms with van der Waals surface area (Å²) in [6.45, 7) is 0. The molecular formula is C23H19FN3O+. The number of aromatic amines is 1. The first-order valence-corrected chi connectivity index (χ1v) is 9.33. The highest BCUT2D eigenvalue weighted by Crippen LogP contribution is 2.45. The standard InChI is InChI=1S/C23H18FN3O/c24-18-11-9-16(10-12-18)20-19-8-4-5-15-27(19)21(25-20)22(28)26-23(13-14-23)17-6-2-1-3-7-17/h1-12,15H,13-14H2,(H,26,28)/p+1. The minimum absolute atomic E-state index is 0.157. The van der Waals surface area contributed by atoms with Crippen molar-refractivity contribution in [3.8, 4) is 11.3 Å². The number of hydrogen-bond donors (Lipinski definition) is 2. The fourth-order valence-corrected chi connectivity index (χ4v) is 3.73. The number of fused-ring (bicyclic) bond motifs is 1. The summed E-state index contributed by atoms with van der Waals surface area (Å²) in [6.07, 6.45) is 3.71. The van der Waals surface area contributed by atoms with Gasteiger partial charge in [-0.15, -0.1) is 0 Å². The summed E-state index contributed by atoms with van der Waals surface area (Å²) in [7, 11) is 0. The molecule has 4 aromatic rings. The van der Waals surface area contributed by atoms with Crippen LogP contribution in [0, 0.1) is 5.82 Å². The number of imidazole rings is 1. The molecule has 5 rings (SSSR count). The molecule has 1 saturated carbocycles. The van der Waals surface area contributed by atoms with Crippen LogP contribution in [0.15, 0.2) is 79.0 Å². The Morgan fingerprint density at radius 3 is 2.39 bits per heavy atom. The molecular weight excluding hydrogens is 353 g/mol. The number of benzene rings is 2.